The summed E-state index contributed by atoms with van der Waals surface area (Å²) in [6.07, 6.45) is 3.73. The van der Waals surface area contributed by atoms with Crippen molar-refractivity contribution in [2.45, 2.75) is 51.9 Å². The summed E-state index contributed by atoms with van der Waals surface area (Å²) < 4.78 is 0. The highest BCUT2D eigenvalue weighted by Crippen LogP contribution is 2.46. The van der Waals surface area contributed by atoms with Crippen LogP contribution < -0.4 is 0 Å². The van der Waals surface area contributed by atoms with Gasteiger partial charge in [0.05, 0.1) is 0 Å². The van der Waals surface area contributed by atoms with E-state index in [-0.39, 0.29) is 0 Å². The summed E-state index contributed by atoms with van der Waals surface area (Å²) in [6.45, 7) is 6.59. The second-order valence-corrected chi connectivity index (χ2v) is 5.22. The molecule has 1 aromatic carbocycles. The van der Waals surface area contributed by atoms with Gasteiger partial charge in [-0.2, -0.15) is 0 Å². The fourth-order valence-corrected chi connectivity index (χ4v) is 2.42. The molecule has 0 radical (unpaired) electrons. The van der Waals surface area contributed by atoms with Crippen LogP contribution in [-0.4, -0.2) is 5.11 Å². The smallest absolute Gasteiger partial charge is 0.122 e. The quantitative estimate of drug-likeness (QED) is 0.793. The van der Waals surface area contributed by atoms with Crippen molar-refractivity contribution in [1.29, 1.82) is 0 Å². The molecule has 1 fully saturated rings. The van der Waals surface area contributed by atoms with Gasteiger partial charge in [0.2, 0.25) is 0 Å². The molecule has 2 rings (SSSR count). The third-order valence-corrected chi connectivity index (χ3v) is 4.06. The third kappa shape index (κ3) is 2.09. The Morgan fingerprint density at radius 1 is 1.25 bits per heavy atom. The van der Waals surface area contributed by atoms with Gasteiger partial charge in [-0.3, -0.25) is 0 Å². The molecule has 1 nitrogen and oxygen atoms in total. The van der Waals surface area contributed by atoms with Gasteiger partial charge >= 0.3 is 0 Å². The molecule has 2 atom stereocenters. The zero-order valence-corrected chi connectivity index (χ0v) is 10.5. The van der Waals surface area contributed by atoms with E-state index in [1.165, 1.54) is 12.8 Å². The fraction of sp³-hybridized carbons (Fsp3) is 0.600. The van der Waals surface area contributed by atoms with Gasteiger partial charge < -0.3 is 5.11 Å². The van der Waals surface area contributed by atoms with Crippen LogP contribution in [0.4, 0.5) is 0 Å². The van der Waals surface area contributed by atoms with Crippen LogP contribution in [0.25, 0.3) is 0 Å². The SMILES string of the molecule is CC[C@@H](C)c1cccc([C@@H](C)C2CC2)c1O. The lowest BCUT2D eigenvalue weighted by molar-refractivity contribution is 0.446. The summed E-state index contributed by atoms with van der Waals surface area (Å²) in [4.78, 5) is 0. The zero-order valence-electron chi connectivity index (χ0n) is 10.5. The van der Waals surface area contributed by atoms with Crippen LogP contribution in [0.15, 0.2) is 18.2 Å². The van der Waals surface area contributed by atoms with Crippen molar-refractivity contribution in [2.75, 3.05) is 0 Å². The van der Waals surface area contributed by atoms with E-state index in [1.54, 1.807) is 0 Å². The summed E-state index contributed by atoms with van der Waals surface area (Å²) >= 11 is 0. The maximum atomic E-state index is 10.3. The topological polar surface area (TPSA) is 20.2 Å². The Bertz CT molecular complexity index is 366. The number of rotatable bonds is 4. The van der Waals surface area contributed by atoms with E-state index in [0.717, 1.165) is 23.5 Å². The maximum absolute atomic E-state index is 10.3. The molecule has 1 N–H and O–H groups in total. The van der Waals surface area contributed by atoms with Crippen LogP contribution in [0.1, 0.15) is 63.0 Å². The minimum absolute atomic E-state index is 0.450. The number of aromatic hydroxyl groups is 1. The Hall–Kier alpha value is -0.980. The molecule has 0 aliphatic heterocycles. The lowest BCUT2D eigenvalue weighted by atomic mass is 9.89. The minimum atomic E-state index is 0.450. The van der Waals surface area contributed by atoms with Crippen LogP contribution >= 0.6 is 0 Å². The molecule has 0 aromatic heterocycles. The van der Waals surface area contributed by atoms with Crippen molar-refractivity contribution < 1.29 is 5.11 Å². The number of hydrogen-bond acceptors (Lipinski definition) is 1. The minimum Gasteiger partial charge on any atom is -0.507 e. The van der Waals surface area contributed by atoms with Crippen LogP contribution in [0.2, 0.25) is 0 Å². The fourth-order valence-electron chi connectivity index (χ4n) is 2.42. The Morgan fingerprint density at radius 3 is 2.44 bits per heavy atom. The molecular weight excluding hydrogens is 196 g/mol. The summed E-state index contributed by atoms with van der Waals surface area (Å²) in [5.74, 6) is 2.32. The van der Waals surface area contributed by atoms with Crippen molar-refractivity contribution in [2.24, 2.45) is 5.92 Å². The van der Waals surface area contributed by atoms with Crippen molar-refractivity contribution >= 4 is 0 Å². The van der Waals surface area contributed by atoms with Crippen LogP contribution in [0.5, 0.6) is 5.75 Å². The number of benzene rings is 1. The number of phenolic OH excluding ortho intramolecular Hbond substituents is 1. The van der Waals surface area contributed by atoms with Crippen LogP contribution in [-0.2, 0) is 0 Å². The average Bonchev–Trinajstić information content (AvgIpc) is 3.11. The first-order valence-electron chi connectivity index (χ1n) is 6.46. The second-order valence-electron chi connectivity index (χ2n) is 5.22. The Morgan fingerprint density at radius 2 is 1.88 bits per heavy atom. The first kappa shape index (κ1) is 11.5. The number of para-hydroxylation sites is 1. The molecule has 0 bridgehead atoms. The monoisotopic (exact) mass is 218 g/mol. The Labute approximate surface area is 98.5 Å². The van der Waals surface area contributed by atoms with Crippen molar-refractivity contribution in [1.82, 2.24) is 0 Å². The van der Waals surface area contributed by atoms with E-state index in [9.17, 15) is 5.11 Å². The molecular formula is C15H22O. The average molecular weight is 218 g/mol. The standard InChI is InChI=1S/C15H22O/c1-4-10(2)13-6-5-7-14(15(13)16)11(3)12-8-9-12/h5-7,10-12,16H,4,8-9H2,1-3H3/t10-,11+/m1/s1. The van der Waals surface area contributed by atoms with E-state index in [2.05, 4.69) is 39.0 Å². The lowest BCUT2D eigenvalue weighted by Crippen LogP contribution is -2.00. The zero-order chi connectivity index (χ0) is 11.7. The van der Waals surface area contributed by atoms with Gasteiger partial charge in [0.15, 0.2) is 0 Å². The molecule has 0 saturated heterocycles. The van der Waals surface area contributed by atoms with Gasteiger partial charge in [-0.1, -0.05) is 39.0 Å². The van der Waals surface area contributed by atoms with Crippen molar-refractivity contribution in [3.05, 3.63) is 29.3 Å². The van der Waals surface area contributed by atoms with Gasteiger partial charge in [0.25, 0.3) is 0 Å². The Balaban J connectivity index is 2.31. The van der Waals surface area contributed by atoms with E-state index in [1.807, 2.05) is 0 Å². The number of phenols is 1. The van der Waals surface area contributed by atoms with Gasteiger partial charge in [0, 0.05) is 0 Å². The summed E-state index contributed by atoms with van der Waals surface area (Å²) in [5.41, 5.74) is 2.27. The van der Waals surface area contributed by atoms with Crippen molar-refractivity contribution in [3.63, 3.8) is 0 Å². The highest BCUT2D eigenvalue weighted by Gasteiger charge is 2.30. The van der Waals surface area contributed by atoms with Gasteiger partial charge in [-0.25, -0.2) is 0 Å². The van der Waals surface area contributed by atoms with E-state index in [0.29, 0.717) is 17.6 Å². The summed E-state index contributed by atoms with van der Waals surface area (Å²) in [7, 11) is 0. The van der Waals surface area contributed by atoms with E-state index in [4.69, 9.17) is 0 Å². The molecule has 0 spiro atoms. The first-order chi connectivity index (χ1) is 7.65. The van der Waals surface area contributed by atoms with Crippen molar-refractivity contribution in [3.8, 4) is 5.75 Å². The lowest BCUT2D eigenvalue weighted by Gasteiger charge is -2.18. The first-order valence-corrected chi connectivity index (χ1v) is 6.46. The Kier molecular flexibility index (Phi) is 3.22. The molecule has 0 amide bonds. The molecule has 1 heteroatoms. The molecule has 16 heavy (non-hydrogen) atoms. The summed E-state index contributed by atoms with van der Waals surface area (Å²) in [6, 6.07) is 6.24. The van der Waals surface area contributed by atoms with E-state index >= 15 is 0 Å². The van der Waals surface area contributed by atoms with E-state index < -0.39 is 0 Å². The maximum Gasteiger partial charge on any atom is 0.122 e. The predicted molar refractivity (Wildman–Crippen MR) is 68.0 cm³/mol. The normalized spacial score (nSPS) is 19.4. The molecule has 88 valence electrons. The largest absolute Gasteiger partial charge is 0.507 e. The molecule has 1 aliphatic carbocycles. The summed E-state index contributed by atoms with van der Waals surface area (Å²) in [5, 5.41) is 10.3. The molecule has 1 saturated carbocycles. The molecule has 0 unspecified atom stereocenters. The van der Waals surface area contributed by atoms with Crippen LogP contribution in [0.3, 0.4) is 0 Å². The molecule has 0 heterocycles. The second kappa shape index (κ2) is 4.48. The third-order valence-electron chi connectivity index (χ3n) is 4.06. The molecule has 1 aromatic rings. The number of hydrogen-bond donors (Lipinski definition) is 1. The van der Waals surface area contributed by atoms with Gasteiger partial charge in [0.1, 0.15) is 5.75 Å². The van der Waals surface area contributed by atoms with Gasteiger partial charge in [-0.15, -0.1) is 0 Å². The van der Waals surface area contributed by atoms with Crippen LogP contribution in [0, 0.1) is 5.92 Å². The molecule has 1 aliphatic rings. The highest BCUT2D eigenvalue weighted by atomic mass is 16.3. The highest BCUT2D eigenvalue weighted by molar-refractivity contribution is 5.44. The predicted octanol–water partition coefficient (Wildman–Crippen LogP) is 4.42. The van der Waals surface area contributed by atoms with Gasteiger partial charge in [-0.05, 0) is 48.1 Å².